The zero-order chi connectivity index (χ0) is 59.0. The third-order valence-electron chi connectivity index (χ3n) is 11.0. The van der Waals surface area contributed by atoms with E-state index in [0.717, 1.165) is 41.8 Å². The number of carboxylic acid groups (broad SMARTS) is 2. The summed E-state index contributed by atoms with van der Waals surface area (Å²) in [6.07, 6.45) is 10.4. The van der Waals surface area contributed by atoms with Crippen molar-refractivity contribution in [2.75, 3.05) is 43.5 Å². The summed E-state index contributed by atoms with van der Waals surface area (Å²) in [4.78, 5) is 110. The van der Waals surface area contributed by atoms with E-state index in [-0.39, 0.29) is 66.6 Å². The molecule has 10 atom stereocenters. The molecule has 0 saturated carbocycles. The van der Waals surface area contributed by atoms with Crippen LogP contribution < -0.4 is 22.1 Å². The van der Waals surface area contributed by atoms with E-state index in [1.807, 2.05) is 24.3 Å². The first-order valence-electron chi connectivity index (χ1n) is 24.2. The summed E-state index contributed by atoms with van der Waals surface area (Å²) >= 11 is 2.25. The van der Waals surface area contributed by atoms with E-state index in [4.69, 9.17) is 35.5 Å². The van der Waals surface area contributed by atoms with Gasteiger partial charge in [0.15, 0.2) is 22.8 Å². The molecule has 0 bridgehead atoms. The molecular weight excluding hydrogens is 1150 g/mol. The minimum atomic E-state index is -5.61. The molecule has 0 aromatic carbocycles. The van der Waals surface area contributed by atoms with Crippen LogP contribution in [0, 0.1) is 5.41 Å². The van der Waals surface area contributed by atoms with Crippen LogP contribution in [0.15, 0.2) is 61.3 Å². The zero-order valence-corrected chi connectivity index (χ0v) is 47.2. The Morgan fingerprint density at radius 1 is 0.899 bits per heavy atom. The maximum atomic E-state index is 12.8. The van der Waals surface area contributed by atoms with Crippen molar-refractivity contribution < 1.29 is 105 Å². The second kappa shape index (κ2) is 33.6. The number of aromatic nitrogens is 4. The molecule has 1 fully saturated rings. The number of anilines is 1. The van der Waals surface area contributed by atoms with Gasteiger partial charge in [-0.15, -0.1) is 11.8 Å². The summed E-state index contributed by atoms with van der Waals surface area (Å²) in [5, 5.41) is 54.5. The number of allylic oxidation sites excluding steroid dienone is 7. The summed E-state index contributed by atoms with van der Waals surface area (Å²) in [6, 6.07) is -1.10. The number of imidazole rings is 1. The Morgan fingerprint density at radius 2 is 1.61 bits per heavy atom. The van der Waals surface area contributed by atoms with Gasteiger partial charge in [-0.1, -0.05) is 74.2 Å². The topological polar surface area (TPSA) is 484 Å². The van der Waals surface area contributed by atoms with Gasteiger partial charge in [-0.2, -0.15) is 4.31 Å². The van der Waals surface area contributed by atoms with Gasteiger partial charge in [0, 0.05) is 54.5 Å². The fourth-order valence-corrected chi connectivity index (χ4v) is 11.5. The number of amides is 2. The Bertz CT molecular complexity index is 2600. The Hall–Kier alpha value is -4.27. The number of aliphatic hydroxyl groups excluding tert-OH is 3. The molecule has 35 heteroatoms. The predicted octanol–water partition coefficient (Wildman–Crippen LogP) is 1.97. The van der Waals surface area contributed by atoms with E-state index >= 15 is 0 Å². The standard InChI is InChI=1S/C44H69N8O22P3S2/c1-44(2,25-71-77(68,69)74-76(66,67)70-23-30-37(73-75(63,64)65)36(58)42(72-30)52-27-51-35-39(46)49-26-50-40(35)52)38(59)41(60)48-20-19-32(54)47-21-22-78-34(57)18-13-11-9-7-5-3-4-6-8-10-12-16-31(79-24-28(45)43(61)62)29(53)15-14-17-33(55)56/h4-8,10,12,16,26-31,36-38,42,53,58-59H,3,9,11,13-15,17-25,45H2,1-2H3,(H,47,54)(H,48,60)(H,55,56)(H,61,62)(H,66,67)(H,68,69)(H2,46,49,50)(H2,63,64,65)/b6-4+,7-5+,10-8+,16-12+. The molecule has 0 aliphatic carbocycles. The Labute approximate surface area is 462 Å². The van der Waals surface area contributed by atoms with Crippen LogP contribution in [0.1, 0.15) is 77.9 Å². The fraction of sp³-hybridized carbons (Fsp3) is 0.591. The minimum Gasteiger partial charge on any atom is -0.481 e. The Kier molecular flexibility index (Phi) is 29.4. The van der Waals surface area contributed by atoms with Crippen molar-refractivity contribution in [1.82, 2.24) is 30.2 Å². The number of nitrogens with zero attached hydrogens (tertiary/aromatic N) is 4. The van der Waals surface area contributed by atoms with E-state index in [1.165, 1.54) is 25.6 Å². The first-order chi connectivity index (χ1) is 37.0. The third-order valence-corrected chi connectivity index (χ3v) is 16.5. The van der Waals surface area contributed by atoms with Crippen molar-refractivity contribution in [3.05, 3.63) is 61.3 Å². The van der Waals surface area contributed by atoms with Gasteiger partial charge < -0.3 is 71.9 Å². The highest BCUT2D eigenvalue weighted by Crippen LogP contribution is 2.61. The van der Waals surface area contributed by atoms with E-state index < -0.39 is 114 Å². The van der Waals surface area contributed by atoms with Crippen molar-refractivity contribution in [3.8, 4) is 0 Å². The molecule has 2 amide bonds. The minimum absolute atomic E-state index is 0.0169. The van der Waals surface area contributed by atoms with Gasteiger partial charge in [0.05, 0.1) is 25.6 Å². The lowest BCUT2D eigenvalue weighted by Crippen LogP contribution is -2.46. The van der Waals surface area contributed by atoms with E-state index in [1.54, 1.807) is 24.3 Å². The van der Waals surface area contributed by atoms with Crippen LogP contribution in [-0.4, -0.2) is 173 Å². The lowest BCUT2D eigenvalue weighted by atomic mass is 9.87. The van der Waals surface area contributed by atoms with Gasteiger partial charge in [0.1, 0.15) is 42.3 Å². The first-order valence-corrected chi connectivity index (χ1v) is 30.8. The van der Waals surface area contributed by atoms with Gasteiger partial charge >= 0.3 is 35.4 Å². The maximum absolute atomic E-state index is 12.8. The highest BCUT2D eigenvalue weighted by atomic mass is 32.2. The number of hydrogen-bond donors (Lipinski definition) is 13. The van der Waals surface area contributed by atoms with Crippen LogP contribution in [0.4, 0.5) is 5.82 Å². The average molecular weight is 1220 g/mol. The normalized spacial score (nSPS) is 20.4. The lowest BCUT2D eigenvalue weighted by molar-refractivity contribution is -0.138. The molecular formula is C44H69N8O22P3S2. The summed E-state index contributed by atoms with van der Waals surface area (Å²) < 4.78 is 62.5. The number of aliphatic hydroxyl groups is 3. The van der Waals surface area contributed by atoms with Gasteiger partial charge in [0.25, 0.3) is 0 Å². The molecule has 0 radical (unpaired) electrons. The molecule has 79 heavy (non-hydrogen) atoms. The monoisotopic (exact) mass is 1220 g/mol. The predicted molar refractivity (Wildman–Crippen MR) is 286 cm³/mol. The van der Waals surface area contributed by atoms with Crippen LogP contribution in [0.2, 0.25) is 0 Å². The largest absolute Gasteiger partial charge is 0.481 e. The van der Waals surface area contributed by atoms with Crippen molar-refractivity contribution in [1.29, 1.82) is 0 Å². The molecule has 2 aromatic rings. The van der Waals surface area contributed by atoms with Crippen molar-refractivity contribution in [2.24, 2.45) is 11.1 Å². The molecule has 3 rings (SSSR count). The second-order valence-electron chi connectivity index (χ2n) is 18.0. The number of nitrogens with two attached hydrogens (primary N) is 2. The van der Waals surface area contributed by atoms with Crippen molar-refractivity contribution in [3.63, 3.8) is 0 Å². The van der Waals surface area contributed by atoms with Crippen LogP contribution >= 0.6 is 47.0 Å². The number of nitrogens with one attached hydrogen (secondary N) is 2. The van der Waals surface area contributed by atoms with Crippen LogP contribution in [0.3, 0.4) is 0 Å². The SMILES string of the molecule is CC(C)(COP(=O)(O)OP(=O)(O)OCC1OC(n2cnc3c(N)ncnc32)C(O)C1OP(=O)(O)O)C(O)C(=O)NCCC(=O)NCCSC(=O)CCCC/C=C/C/C=C/C=C/C=C/C(SCC(N)C(=O)O)C(O)CCCC(=O)O. The molecule has 30 nitrogen and oxygen atoms in total. The number of aliphatic carboxylic acids is 2. The molecule has 15 N–H and O–H groups in total. The van der Waals surface area contributed by atoms with E-state index in [2.05, 4.69) is 34.4 Å². The molecule has 10 unspecified atom stereocenters. The number of hydrogen-bond acceptors (Lipinski definition) is 23. The lowest BCUT2D eigenvalue weighted by Gasteiger charge is -2.30. The quantitative estimate of drug-likeness (QED) is 0.0198. The van der Waals surface area contributed by atoms with Gasteiger partial charge in [-0.25, -0.2) is 28.6 Å². The summed E-state index contributed by atoms with van der Waals surface area (Å²) in [7, 11) is -16.5. The summed E-state index contributed by atoms with van der Waals surface area (Å²) in [5.41, 5.74) is 9.80. The number of carbonyl (C=O) groups is 5. The molecule has 0 spiro atoms. The number of fused-ring (bicyclic) bond motifs is 1. The summed E-state index contributed by atoms with van der Waals surface area (Å²) in [6.45, 7) is 0.340. The van der Waals surface area contributed by atoms with Crippen LogP contribution in [-0.2, 0) is 60.3 Å². The number of carboxylic acids is 2. The zero-order valence-electron chi connectivity index (χ0n) is 42.9. The number of carbonyl (C=O) groups excluding carboxylic acids is 3. The van der Waals surface area contributed by atoms with Gasteiger partial charge in [0.2, 0.25) is 11.8 Å². The van der Waals surface area contributed by atoms with E-state index in [9.17, 15) is 72.6 Å². The van der Waals surface area contributed by atoms with E-state index in [0.29, 0.717) is 25.0 Å². The number of thioether (sulfide) groups is 2. The number of unbranched alkanes of at least 4 members (excludes halogenated alkanes) is 2. The third kappa shape index (κ3) is 26.0. The van der Waals surface area contributed by atoms with Gasteiger partial charge in [-0.05, 0) is 38.5 Å². The molecule has 1 aliphatic heterocycles. The van der Waals surface area contributed by atoms with Gasteiger partial charge in [-0.3, -0.25) is 42.1 Å². The van der Waals surface area contributed by atoms with Crippen LogP contribution in [0.5, 0.6) is 0 Å². The molecule has 3 heterocycles. The second-order valence-corrected chi connectivity index (χ2v) is 24.6. The highest BCUT2D eigenvalue weighted by Gasteiger charge is 2.50. The van der Waals surface area contributed by atoms with Crippen molar-refractivity contribution >= 4 is 92.8 Å². The maximum Gasteiger partial charge on any atom is 0.481 e. The molecule has 1 saturated heterocycles. The van der Waals surface area contributed by atoms with Crippen LogP contribution in [0.25, 0.3) is 11.2 Å². The van der Waals surface area contributed by atoms with Crippen molar-refractivity contribution in [2.45, 2.75) is 120 Å². The summed E-state index contributed by atoms with van der Waals surface area (Å²) in [5.74, 6) is -3.27. The Balaban J connectivity index is 1.29. The first kappa shape index (κ1) is 69.0. The highest BCUT2D eigenvalue weighted by molar-refractivity contribution is 8.13. The Morgan fingerprint density at radius 3 is 2.30 bits per heavy atom. The number of phosphoric ester groups is 3. The number of nitrogen functional groups attached to an aromatic ring is 1. The number of phosphoric acid groups is 3. The fourth-order valence-electron chi connectivity index (χ4n) is 6.86. The smallest absolute Gasteiger partial charge is 0.481 e. The average Bonchev–Trinajstić information content (AvgIpc) is 4.13. The molecule has 444 valence electrons. The molecule has 2 aromatic heterocycles. The number of ether oxygens (including phenoxy) is 1. The number of rotatable bonds is 38. The molecule has 1 aliphatic rings.